The zero-order chi connectivity index (χ0) is 14.0. The molecule has 1 heterocycles. The van der Waals surface area contributed by atoms with Crippen molar-refractivity contribution in [3.05, 3.63) is 33.9 Å². The van der Waals surface area contributed by atoms with E-state index >= 15 is 0 Å². The summed E-state index contributed by atoms with van der Waals surface area (Å²) in [7, 11) is 0. The third-order valence-electron chi connectivity index (χ3n) is 3.76. The molecular formula is C13H19N3O2S. The largest absolute Gasteiger partial charge is 0.393 e. The summed E-state index contributed by atoms with van der Waals surface area (Å²) in [6.45, 7) is 6.10. The molecule has 1 fully saturated rings. The van der Waals surface area contributed by atoms with Gasteiger partial charge in [0.25, 0.3) is 5.69 Å². The average Bonchev–Trinajstić information content (AvgIpc) is 2.37. The molecule has 6 heteroatoms. The summed E-state index contributed by atoms with van der Waals surface area (Å²) in [5, 5.41) is 11.5. The maximum atomic E-state index is 10.9. The number of thioether (sulfide) groups is 1. The van der Waals surface area contributed by atoms with E-state index in [1.807, 2.05) is 17.8 Å². The van der Waals surface area contributed by atoms with Gasteiger partial charge in [0.15, 0.2) is 0 Å². The maximum absolute atomic E-state index is 10.9. The van der Waals surface area contributed by atoms with Crippen molar-refractivity contribution in [3.63, 3.8) is 0 Å². The van der Waals surface area contributed by atoms with Gasteiger partial charge < -0.3 is 5.73 Å². The first-order valence-corrected chi connectivity index (χ1v) is 7.43. The minimum atomic E-state index is -0.420. The molecule has 1 aromatic rings. The lowest BCUT2D eigenvalue weighted by molar-refractivity contribution is -0.384. The quantitative estimate of drug-likeness (QED) is 0.523. The molecule has 1 aromatic carbocycles. The van der Waals surface area contributed by atoms with E-state index in [0.29, 0.717) is 23.5 Å². The highest BCUT2D eigenvalue weighted by Gasteiger charge is 2.26. The molecule has 2 atom stereocenters. The van der Waals surface area contributed by atoms with Crippen molar-refractivity contribution in [2.24, 2.45) is 0 Å². The molecule has 0 radical (unpaired) electrons. The van der Waals surface area contributed by atoms with Crippen molar-refractivity contribution in [2.75, 3.05) is 18.0 Å². The predicted octanol–water partition coefficient (Wildman–Crippen LogP) is 2.50. The molecule has 0 bridgehead atoms. The fourth-order valence-electron chi connectivity index (χ4n) is 2.33. The molecule has 0 saturated carbocycles. The normalized spacial score (nSPS) is 24.3. The van der Waals surface area contributed by atoms with Crippen molar-refractivity contribution < 1.29 is 4.92 Å². The van der Waals surface area contributed by atoms with Crippen molar-refractivity contribution >= 4 is 23.1 Å². The molecule has 0 aromatic heterocycles. The van der Waals surface area contributed by atoms with E-state index in [2.05, 4.69) is 18.7 Å². The fraction of sp³-hybridized carbons (Fsp3) is 0.538. The number of nitrogens with zero attached hydrogens (tertiary/aromatic N) is 2. The lowest BCUT2D eigenvalue weighted by atomic mass is 10.1. The Morgan fingerprint density at radius 2 is 2.26 bits per heavy atom. The number of rotatable bonds is 3. The number of nitro groups is 1. The van der Waals surface area contributed by atoms with Crippen LogP contribution in [0.5, 0.6) is 0 Å². The van der Waals surface area contributed by atoms with Crippen molar-refractivity contribution in [1.29, 1.82) is 0 Å². The minimum Gasteiger partial charge on any atom is -0.393 e. The number of para-hydroxylation sites is 1. The lowest BCUT2D eigenvalue weighted by Crippen LogP contribution is -2.44. The molecular weight excluding hydrogens is 262 g/mol. The van der Waals surface area contributed by atoms with Crippen LogP contribution in [0, 0.1) is 10.1 Å². The van der Waals surface area contributed by atoms with Crippen molar-refractivity contribution in [1.82, 2.24) is 4.90 Å². The summed E-state index contributed by atoms with van der Waals surface area (Å²) < 4.78 is 0. The second kappa shape index (κ2) is 5.79. The summed E-state index contributed by atoms with van der Waals surface area (Å²) >= 11 is 1.97. The third-order valence-corrected chi connectivity index (χ3v) is 5.10. The first-order valence-electron chi connectivity index (χ1n) is 6.38. The molecule has 5 nitrogen and oxygen atoms in total. The molecule has 2 rings (SSSR count). The number of anilines is 1. The molecule has 19 heavy (non-hydrogen) atoms. The number of hydrogen-bond acceptors (Lipinski definition) is 5. The third kappa shape index (κ3) is 3.01. The Labute approximate surface area is 117 Å². The van der Waals surface area contributed by atoms with Gasteiger partial charge in [0.05, 0.1) is 4.92 Å². The zero-order valence-corrected chi connectivity index (χ0v) is 12.0. The first-order chi connectivity index (χ1) is 9.00. The monoisotopic (exact) mass is 281 g/mol. The number of hydrogen-bond donors (Lipinski definition) is 1. The SMILES string of the molecule is CC1SCCN(Cc2cccc([N+](=O)[O-])c2N)C1C. The minimum absolute atomic E-state index is 0.00425. The maximum Gasteiger partial charge on any atom is 0.292 e. The van der Waals surface area contributed by atoms with Gasteiger partial charge in [0, 0.05) is 36.2 Å². The van der Waals surface area contributed by atoms with Crippen LogP contribution in [0.3, 0.4) is 0 Å². The number of nitro benzene ring substituents is 1. The Balaban J connectivity index is 2.19. The highest BCUT2D eigenvalue weighted by Crippen LogP contribution is 2.29. The summed E-state index contributed by atoms with van der Waals surface area (Å²) in [6.07, 6.45) is 0. The van der Waals surface area contributed by atoms with Crippen molar-refractivity contribution in [3.8, 4) is 0 Å². The number of nitrogens with two attached hydrogens (primary N) is 1. The summed E-state index contributed by atoms with van der Waals surface area (Å²) in [5.41, 5.74) is 7.06. The Morgan fingerprint density at radius 3 is 2.95 bits per heavy atom. The van der Waals surface area contributed by atoms with Gasteiger partial charge in [-0.3, -0.25) is 15.0 Å². The fourth-order valence-corrected chi connectivity index (χ4v) is 3.50. The Kier molecular flexibility index (Phi) is 4.31. The summed E-state index contributed by atoms with van der Waals surface area (Å²) in [4.78, 5) is 12.8. The first kappa shape index (κ1) is 14.1. The van der Waals surface area contributed by atoms with Gasteiger partial charge in [-0.15, -0.1) is 0 Å². The second-order valence-corrected chi connectivity index (χ2v) is 6.38. The van der Waals surface area contributed by atoms with E-state index in [1.165, 1.54) is 6.07 Å². The summed E-state index contributed by atoms with van der Waals surface area (Å²) in [5.74, 6) is 1.10. The molecule has 1 aliphatic rings. The van der Waals surface area contributed by atoms with Crippen LogP contribution >= 0.6 is 11.8 Å². The van der Waals surface area contributed by atoms with Crippen molar-refractivity contribution in [2.45, 2.75) is 31.7 Å². The van der Waals surface area contributed by atoms with Crippen LogP contribution in [0.2, 0.25) is 0 Å². The topological polar surface area (TPSA) is 72.4 Å². The van der Waals surface area contributed by atoms with Crippen LogP contribution in [0.25, 0.3) is 0 Å². The standard InChI is InChI=1S/C13H19N3O2S/c1-9-10(2)19-7-6-15(9)8-11-4-3-5-12(13(11)14)16(17)18/h3-5,9-10H,6-8,14H2,1-2H3. The molecule has 2 N–H and O–H groups in total. The molecule has 0 spiro atoms. The summed E-state index contributed by atoms with van der Waals surface area (Å²) in [6, 6.07) is 5.49. The van der Waals surface area contributed by atoms with Gasteiger partial charge in [-0.05, 0) is 12.5 Å². The highest BCUT2D eigenvalue weighted by molar-refractivity contribution is 8.00. The van der Waals surface area contributed by atoms with Gasteiger partial charge in [0.1, 0.15) is 5.69 Å². The predicted molar refractivity (Wildman–Crippen MR) is 79.3 cm³/mol. The van der Waals surface area contributed by atoms with E-state index in [-0.39, 0.29) is 5.69 Å². The molecule has 1 saturated heterocycles. The van der Waals surface area contributed by atoms with Gasteiger partial charge in [-0.1, -0.05) is 19.1 Å². The molecule has 0 aliphatic carbocycles. The van der Waals surface area contributed by atoms with Crippen LogP contribution in [0.1, 0.15) is 19.4 Å². The van der Waals surface area contributed by atoms with Gasteiger partial charge in [-0.2, -0.15) is 11.8 Å². The molecule has 1 aliphatic heterocycles. The second-order valence-electron chi connectivity index (χ2n) is 4.89. The Morgan fingerprint density at radius 1 is 1.53 bits per heavy atom. The number of nitrogen functional groups attached to an aromatic ring is 1. The average molecular weight is 281 g/mol. The van der Waals surface area contributed by atoms with Gasteiger partial charge in [-0.25, -0.2) is 0 Å². The number of benzene rings is 1. The van der Waals surface area contributed by atoms with E-state index in [9.17, 15) is 10.1 Å². The van der Waals surface area contributed by atoms with E-state index in [4.69, 9.17) is 5.73 Å². The Hall–Kier alpha value is -1.27. The van der Waals surface area contributed by atoms with E-state index in [0.717, 1.165) is 17.9 Å². The van der Waals surface area contributed by atoms with Crippen LogP contribution in [0.4, 0.5) is 11.4 Å². The van der Waals surface area contributed by atoms with Gasteiger partial charge in [0.2, 0.25) is 0 Å². The zero-order valence-electron chi connectivity index (χ0n) is 11.2. The molecule has 0 amide bonds. The smallest absolute Gasteiger partial charge is 0.292 e. The highest BCUT2D eigenvalue weighted by atomic mass is 32.2. The van der Waals surface area contributed by atoms with Crippen LogP contribution < -0.4 is 5.73 Å². The van der Waals surface area contributed by atoms with Crippen LogP contribution in [0.15, 0.2) is 18.2 Å². The van der Waals surface area contributed by atoms with E-state index < -0.39 is 4.92 Å². The molecule has 2 unspecified atom stereocenters. The van der Waals surface area contributed by atoms with Crippen LogP contribution in [-0.4, -0.2) is 33.4 Å². The van der Waals surface area contributed by atoms with Gasteiger partial charge >= 0.3 is 0 Å². The lowest BCUT2D eigenvalue weighted by Gasteiger charge is -2.37. The molecule has 104 valence electrons. The van der Waals surface area contributed by atoms with E-state index in [1.54, 1.807) is 6.07 Å². The van der Waals surface area contributed by atoms with Crippen LogP contribution in [-0.2, 0) is 6.54 Å². The Bertz CT molecular complexity index is 481.